The molecule has 4 rings (SSSR count). The minimum Gasteiger partial charge on any atom is -0.326 e. The molecule has 10 heteroatoms. The van der Waals surface area contributed by atoms with Crippen molar-refractivity contribution in [2.75, 3.05) is 18.4 Å². The van der Waals surface area contributed by atoms with Crippen LogP contribution in [0, 0.1) is 18.7 Å². The van der Waals surface area contributed by atoms with Gasteiger partial charge in [-0.15, -0.1) is 11.3 Å². The summed E-state index contributed by atoms with van der Waals surface area (Å²) in [6.07, 6.45) is 5.84. The molecule has 1 atom stereocenters. The third kappa shape index (κ3) is 4.16. The summed E-state index contributed by atoms with van der Waals surface area (Å²) in [5.74, 6) is -1.30. The molecule has 0 saturated carbocycles. The molecule has 0 spiro atoms. The number of carbonyl (C=O) groups excluding carboxylic acids is 1. The number of rotatable bonds is 5. The molecule has 1 saturated heterocycles. The zero-order valence-electron chi connectivity index (χ0n) is 16.3. The van der Waals surface area contributed by atoms with Crippen LogP contribution >= 0.6 is 11.3 Å². The number of benzene rings is 1. The Labute approximate surface area is 178 Å². The Bertz CT molecular complexity index is 1160. The number of aryl methyl sites for hydroxylation is 1. The molecule has 3 heterocycles. The number of halogens is 1. The van der Waals surface area contributed by atoms with Gasteiger partial charge < -0.3 is 9.88 Å². The molecule has 0 bridgehead atoms. The molecular formula is C20H21FN4O3S2. The zero-order chi connectivity index (χ0) is 21.3. The van der Waals surface area contributed by atoms with Gasteiger partial charge in [-0.3, -0.25) is 4.79 Å². The van der Waals surface area contributed by atoms with Crippen molar-refractivity contribution in [3.05, 3.63) is 59.7 Å². The number of carbonyl (C=O) groups is 1. The molecule has 1 N–H and O–H groups in total. The van der Waals surface area contributed by atoms with E-state index < -0.39 is 21.8 Å². The van der Waals surface area contributed by atoms with E-state index in [1.807, 2.05) is 6.92 Å². The smallest absolute Gasteiger partial charge is 0.252 e. The Hall–Kier alpha value is -2.56. The first-order chi connectivity index (χ1) is 14.3. The monoisotopic (exact) mass is 448 g/mol. The number of piperidine rings is 1. The van der Waals surface area contributed by atoms with E-state index >= 15 is 0 Å². The Balaban J connectivity index is 1.45. The van der Waals surface area contributed by atoms with Crippen LogP contribution in [0.4, 0.5) is 10.1 Å². The van der Waals surface area contributed by atoms with Crippen molar-refractivity contribution in [3.63, 3.8) is 0 Å². The molecule has 0 radical (unpaired) electrons. The van der Waals surface area contributed by atoms with Crippen LogP contribution in [0.1, 0.15) is 17.7 Å². The van der Waals surface area contributed by atoms with Gasteiger partial charge in [0, 0.05) is 36.0 Å². The molecule has 0 aliphatic carbocycles. The molecule has 30 heavy (non-hydrogen) atoms. The Morgan fingerprint density at radius 3 is 2.80 bits per heavy atom. The fraction of sp³-hybridized carbons (Fsp3) is 0.300. The fourth-order valence-electron chi connectivity index (χ4n) is 3.49. The highest BCUT2D eigenvalue weighted by molar-refractivity contribution is 7.91. The van der Waals surface area contributed by atoms with E-state index in [0.717, 1.165) is 4.88 Å². The lowest BCUT2D eigenvalue weighted by atomic mass is 9.98. The first-order valence-electron chi connectivity index (χ1n) is 9.50. The van der Waals surface area contributed by atoms with Crippen LogP contribution in [0.3, 0.4) is 0 Å². The lowest BCUT2D eigenvalue weighted by molar-refractivity contribution is -0.120. The fourth-order valence-corrected chi connectivity index (χ4v) is 6.45. The average Bonchev–Trinajstić information content (AvgIpc) is 3.40. The van der Waals surface area contributed by atoms with Gasteiger partial charge >= 0.3 is 0 Å². The second kappa shape index (κ2) is 8.29. The molecule has 158 valence electrons. The highest BCUT2D eigenvalue weighted by atomic mass is 32.2. The van der Waals surface area contributed by atoms with Gasteiger partial charge in [0.2, 0.25) is 5.91 Å². The highest BCUT2D eigenvalue weighted by Gasteiger charge is 2.34. The molecule has 3 aromatic rings. The maximum Gasteiger partial charge on any atom is 0.252 e. The van der Waals surface area contributed by atoms with Crippen LogP contribution < -0.4 is 5.32 Å². The average molecular weight is 449 g/mol. The number of sulfonamides is 1. The van der Waals surface area contributed by atoms with Crippen molar-refractivity contribution in [3.8, 4) is 5.69 Å². The van der Waals surface area contributed by atoms with E-state index in [0.29, 0.717) is 35.0 Å². The summed E-state index contributed by atoms with van der Waals surface area (Å²) in [6.45, 7) is 2.35. The summed E-state index contributed by atoms with van der Waals surface area (Å²) in [6, 6.07) is 7.79. The van der Waals surface area contributed by atoms with Crippen molar-refractivity contribution in [2.24, 2.45) is 5.92 Å². The summed E-state index contributed by atoms with van der Waals surface area (Å²) in [5.41, 5.74) is 0.655. The number of imidazole rings is 1. The standard InChI is InChI=1S/C20H21FN4O3S2/c1-14-4-7-19(29-14)30(27,28)25-9-2-3-15(12-25)20(26)23-16-5-6-18(17(21)11-16)24-10-8-22-13-24/h4-8,10-11,13,15H,2-3,9,12H2,1H3,(H,23,26)/t15-/m0/s1. The minimum atomic E-state index is -3.61. The molecule has 7 nitrogen and oxygen atoms in total. The summed E-state index contributed by atoms with van der Waals surface area (Å²) in [5, 5.41) is 2.72. The summed E-state index contributed by atoms with van der Waals surface area (Å²) >= 11 is 1.22. The molecule has 1 aliphatic rings. The normalized spacial score (nSPS) is 17.7. The van der Waals surface area contributed by atoms with Crippen LogP contribution in [0.5, 0.6) is 0 Å². The first-order valence-corrected chi connectivity index (χ1v) is 11.8. The highest BCUT2D eigenvalue weighted by Crippen LogP contribution is 2.29. The molecule has 0 unspecified atom stereocenters. The maximum atomic E-state index is 14.4. The number of anilines is 1. The van der Waals surface area contributed by atoms with Gasteiger partial charge in [-0.05, 0) is 50.1 Å². The van der Waals surface area contributed by atoms with Crippen molar-refractivity contribution >= 4 is 33.0 Å². The van der Waals surface area contributed by atoms with Gasteiger partial charge in [-0.25, -0.2) is 17.8 Å². The van der Waals surface area contributed by atoms with Crippen LogP contribution in [0.15, 0.2) is 53.3 Å². The van der Waals surface area contributed by atoms with E-state index in [2.05, 4.69) is 10.3 Å². The molecule has 2 aromatic heterocycles. The third-order valence-corrected chi connectivity index (χ3v) is 8.40. The second-order valence-electron chi connectivity index (χ2n) is 7.19. The molecule has 1 fully saturated rings. The Morgan fingerprint density at radius 1 is 1.30 bits per heavy atom. The Kier molecular flexibility index (Phi) is 5.72. The van der Waals surface area contributed by atoms with Gasteiger partial charge in [-0.1, -0.05) is 0 Å². The van der Waals surface area contributed by atoms with Crippen LogP contribution in [-0.4, -0.2) is 41.3 Å². The SMILES string of the molecule is Cc1ccc(S(=O)(=O)N2CCC[C@H](C(=O)Nc3ccc(-n4ccnc4)c(F)c3)C2)s1. The number of hydrogen-bond acceptors (Lipinski definition) is 5. The molecular weight excluding hydrogens is 427 g/mol. The van der Waals surface area contributed by atoms with Gasteiger partial charge in [0.25, 0.3) is 10.0 Å². The van der Waals surface area contributed by atoms with Gasteiger partial charge in [-0.2, -0.15) is 4.31 Å². The van der Waals surface area contributed by atoms with E-state index in [4.69, 9.17) is 0 Å². The zero-order valence-corrected chi connectivity index (χ0v) is 17.9. The van der Waals surface area contributed by atoms with Crippen molar-refractivity contribution in [1.29, 1.82) is 0 Å². The van der Waals surface area contributed by atoms with E-state index in [1.165, 1.54) is 32.6 Å². The summed E-state index contributed by atoms with van der Waals surface area (Å²) in [4.78, 5) is 17.6. The van der Waals surface area contributed by atoms with Crippen LogP contribution in [0.25, 0.3) is 5.69 Å². The number of hydrogen-bond donors (Lipinski definition) is 1. The van der Waals surface area contributed by atoms with Crippen molar-refractivity contribution in [1.82, 2.24) is 13.9 Å². The number of amides is 1. The summed E-state index contributed by atoms with van der Waals surface area (Å²) in [7, 11) is -3.61. The van der Waals surface area contributed by atoms with E-state index in [-0.39, 0.29) is 12.5 Å². The number of aromatic nitrogens is 2. The number of thiophene rings is 1. The van der Waals surface area contributed by atoms with Crippen LogP contribution in [0.2, 0.25) is 0 Å². The van der Waals surface area contributed by atoms with Crippen molar-refractivity contribution < 1.29 is 17.6 Å². The minimum absolute atomic E-state index is 0.112. The lowest BCUT2D eigenvalue weighted by Gasteiger charge is -2.30. The lowest BCUT2D eigenvalue weighted by Crippen LogP contribution is -2.43. The Morgan fingerprint density at radius 2 is 2.13 bits per heavy atom. The maximum absolute atomic E-state index is 14.4. The third-order valence-electron chi connectivity index (χ3n) is 5.06. The largest absolute Gasteiger partial charge is 0.326 e. The second-order valence-corrected chi connectivity index (χ2v) is 10.6. The number of nitrogens with one attached hydrogen (secondary N) is 1. The first kappa shape index (κ1) is 20.7. The quantitative estimate of drug-likeness (QED) is 0.648. The van der Waals surface area contributed by atoms with Gasteiger partial charge in [0.15, 0.2) is 0 Å². The van der Waals surface area contributed by atoms with Crippen LogP contribution in [-0.2, 0) is 14.8 Å². The molecule has 1 aliphatic heterocycles. The van der Waals surface area contributed by atoms with E-state index in [9.17, 15) is 17.6 Å². The van der Waals surface area contributed by atoms with Gasteiger partial charge in [0.05, 0.1) is 17.9 Å². The number of nitrogens with zero attached hydrogens (tertiary/aromatic N) is 3. The predicted octanol–water partition coefficient (Wildman–Crippen LogP) is 3.42. The summed E-state index contributed by atoms with van der Waals surface area (Å²) < 4.78 is 43.4. The predicted molar refractivity (Wildman–Crippen MR) is 113 cm³/mol. The topological polar surface area (TPSA) is 84.3 Å². The van der Waals surface area contributed by atoms with E-state index in [1.54, 1.807) is 36.7 Å². The molecule has 1 amide bonds. The van der Waals surface area contributed by atoms with Crippen molar-refractivity contribution in [2.45, 2.75) is 24.0 Å². The van der Waals surface area contributed by atoms with Gasteiger partial charge in [0.1, 0.15) is 10.0 Å². The molecule has 1 aromatic carbocycles.